The number of carboxylic acid groups (broad SMARTS) is 1. The van der Waals surface area contributed by atoms with Crippen molar-refractivity contribution >= 4 is 11.9 Å². The van der Waals surface area contributed by atoms with Crippen LogP contribution in [0.1, 0.15) is 31.4 Å². The van der Waals surface area contributed by atoms with E-state index in [0.29, 0.717) is 12.4 Å². The van der Waals surface area contributed by atoms with Gasteiger partial charge in [0.15, 0.2) is 0 Å². The Morgan fingerprint density at radius 2 is 2.28 bits per heavy atom. The van der Waals surface area contributed by atoms with Gasteiger partial charge in [0.25, 0.3) is 0 Å². The maximum atomic E-state index is 11.1. The zero-order valence-electron chi connectivity index (χ0n) is 9.83. The van der Waals surface area contributed by atoms with E-state index in [9.17, 15) is 4.79 Å². The summed E-state index contributed by atoms with van der Waals surface area (Å²) in [6.45, 7) is 0. The van der Waals surface area contributed by atoms with E-state index in [2.05, 4.69) is 15.3 Å². The number of carboxylic acids is 1. The van der Waals surface area contributed by atoms with Crippen LogP contribution in [0.15, 0.2) is 12.3 Å². The molecule has 0 aromatic carbocycles. The average Bonchev–Trinajstić information content (AvgIpc) is 2.39. The van der Waals surface area contributed by atoms with Crippen LogP contribution in [0.4, 0.5) is 5.95 Å². The van der Waals surface area contributed by atoms with Gasteiger partial charge in [0.2, 0.25) is 5.95 Å². The molecule has 2 rings (SSSR count). The summed E-state index contributed by atoms with van der Waals surface area (Å²) in [5.41, 5.74) is 0.273. The summed E-state index contributed by atoms with van der Waals surface area (Å²) in [4.78, 5) is 19.2. The van der Waals surface area contributed by atoms with E-state index >= 15 is 0 Å². The second-order valence-corrected chi connectivity index (χ2v) is 4.36. The van der Waals surface area contributed by atoms with Gasteiger partial charge in [-0.05, 0) is 18.9 Å². The summed E-state index contributed by atoms with van der Waals surface area (Å²) in [5.74, 6) is -0.871. The lowest BCUT2D eigenvalue weighted by atomic mass is 9.84. The molecule has 1 heterocycles. The molecule has 1 saturated carbocycles. The molecule has 1 aromatic rings. The molecule has 2 N–H and O–H groups in total. The van der Waals surface area contributed by atoms with Gasteiger partial charge < -0.3 is 10.4 Å². The first-order valence-corrected chi connectivity index (χ1v) is 5.93. The highest BCUT2D eigenvalue weighted by molar-refractivity contribution is 5.71. The van der Waals surface area contributed by atoms with Crippen LogP contribution >= 0.6 is 0 Å². The van der Waals surface area contributed by atoms with Gasteiger partial charge in [0, 0.05) is 12.2 Å². The highest BCUT2D eigenvalue weighted by Gasteiger charge is 2.31. The number of hydrogen-bond donors (Lipinski definition) is 2. The lowest BCUT2D eigenvalue weighted by Crippen LogP contribution is -2.37. The van der Waals surface area contributed by atoms with Crippen molar-refractivity contribution in [3.8, 4) is 6.07 Å². The molecule has 6 heteroatoms. The molecule has 0 amide bonds. The van der Waals surface area contributed by atoms with Crippen molar-refractivity contribution in [2.24, 2.45) is 5.92 Å². The lowest BCUT2D eigenvalue weighted by Gasteiger charge is -2.29. The Hall–Kier alpha value is -2.16. The summed E-state index contributed by atoms with van der Waals surface area (Å²) < 4.78 is 0. The van der Waals surface area contributed by atoms with Crippen LogP contribution in [0.25, 0.3) is 0 Å². The fraction of sp³-hybridized carbons (Fsp3) is 0.500. The highest BCUT2D eigenvalue weighted by Crippen LogP contribution is 2.26. The molecule has 0 saturated heterocycles. The molecule has 0 spiro atoms. The van der Waals surface area contributed by atoms with Gasteiger partial charge in [0.05, 0.1) is 5.92 Å². The molecule has 1 fully saturated rings. The van der Waals surface area contributed by atoms with Crippen molar-refractivity contribution in [3.05, 3.63) is 18.0 Å². The van der Waals surface area contributed by atoms with Crippen LogP contribution in [-0.2, 0) is 4.79 Å². The standard InChI is InChI=1S/C12H14N4O2/c13-7-8-5-6-14-12(15-8)16-10-4-2-1-3-9(10)11(17)18/h5-6,9-10H,1-4H2,(H,17,18)(H,14,15,16). The molecule has 6 nitrogen and oxygen atoms in total. The third-order valence-corrected chi connectivity index (χ3v) is 3.17. The molecular formula is C12H14N4O2. The van der Waals surface area contributed by atoms with Crippen molar-refractivity contribution in [2.45, 2.75) is 31.7 Å². The van der Waals surface area contributed by atoms with Gasteiger partial charge in [-0.2, -0.15) is 5.26 Å². The molecule has 18 heavy (non-hydrogen) atoms. The van der Waals surface area contributed by atoms with E-state index in [1.54, 1.807) is 0 Å². The second kappa shape index (κ2) is 5.45. The molecule has 1 aliphatic carbocycles. The number of carbonyl (C=O) groups is 1. The molecule has 1 aliphatic rings. The van der Waals surface area contributed by atoms with Crippen LogP contribution in [0.5, 0.6) is 0 Å². The van der Waals surface area contributed by atoms with Gasteiger partial charge in [-0.25, -0.2) is 9.97 Å². The Morgan fingerprint density at radius 3 is 3.00 bits per heavy atom. The molecule has 2 atom stereocenters. The Balaban J connectivity index is 2.11. The third kappa shape index (κ3) is 2.74. The van der Waals surface area contributed by atoms with Crippen LogP contribution in [0.2, 0.25) is 0 Å². The maximum absolute atomic E-state index is 11.1. The topological polar surface area (TPSA) is 98.9 Å². The quantitative estimate of drug-likeness (QED) is 0.836. The van der Waals surface area contributed by atoms with Gasteiger partial charge in [-0.1, -0.05) is 12.8 Å². The molecule has 2 unspecified atom stereocenters. The number of aliphatic carboxylic acids is 1. The zero-order chi connectivity index (χ0) is 13.0. The fourth-order valence-electron chi connectivity index (χ4n) is 2.26. The van der Waals surface area contributed by atoms with Crippen LogP contribution < -0.4 is 5.32 Å². The van der Waals surface area contributed by atoms with Crippen molar-refractivity contribution in [3.63, 3.8) is 0 Å². The minimum atomic E-state index is -0.788. The predicted molar refractivity (Wildman–Crippen MR) is 63.8 cm³/mol. The summed E-state index contributed by atoms with van der Waals surface area (Å²) >= 11 is 0. The van der Waals surface area contributed by atoms with E-state index in [4.69, 9.17) is 10.4 Å². The number of rotatable bonds is 3. The number of aromatic nitrogens is 2. The Kier molecular flexibility index (Phi) is 3.72. The second-order valence-electron chi connectivity index (χ2n) is 4.36. The average molecular weight is 246 g/mol. The van der Waals surface area contributed by atoms with E-state index in [1.165, 1.54) is 12.3 Å². The van der Waals surface area contributed by atoms with E-state index < -0.39 is 11.9 Å². The van der Waals surface area contributed by atoms with Crippen molar-refractivity contribution in [1.82, 2.24) is 9.97 Å². The molecule has 1 aromatic heterocycles. The first kappa shape index (κ1) is 12.3. The van der Waals surface area contributed by atoms with Crippen molar-refractivity contribution in [1.29, 1.82) is 5.26 Å². The van der Waals surface area contributed by atoms with Gasteiger partial charge in [-0.3, -0.25) is 4.79 Å². The Morgan fingerprint density at radius 1 is 1.50 bits per heavy atom. The summed E-state index contributed by atoms with van der Waals surface area (Å²) in [6.07, 6.45) is 4.89. The minimum absolute atomic E-state index is 0.162. The van der Waals surface area contributed by atoms with Crippen molar-refractivity contribution < 1.29 is 9.90 Å². The lowest BCUT2D eigenvalue weighted by molar-refractivity contribution is -0.143. The number of nitrogens with zero attached hydrogens (tertiary/aromatic N) is 3. The SMILES string of the molecule is N#Cc1ccnc(NC2CCCCC2C(=O)O)n1. The van der Waals surface area contributed by atoms with E-state index in [1.807, 2.05) is 6.07 Å². The number of anilines is 1. The molecular weight excluding hydrogens is 232 g/mol. The third-order valence-electron chi connectivity index (χ3n) is 3.17. The monoisotopic (exact) mass is 246 g/mol. The predicted octanol–water partition coefficient (Wildman–Crippen LogP) is 1.40. The van der Waals surface area contributed by atoms with Crippen LogP contribution in [0.3, 0.4) is 0 Å². The smallest absolute Gasteiger partial charge is 0.308 e. The molecule has 94 valence electrons. The maximum Gasteiger partial charge on any atom is 0.308 e. The number of nitriles is 1. The van der Waals surface area contributed by atoms with E-state index in [0.717, 1.165) is 19.3 Å². The summed E-state index contributed by atoms with van der Waals surface area (Å²) in [7, 11) is 0. The molecule has 0 bridgehead atoms. The summed E-state index contributed by atoms with van der Waals surface area (Å²) in [6, 6.07) is 3.28. The van der Waals surface area contributed by atoms with E-state index in [-0.39, 0.29) is 11.7 Å². The van der Waals surface area contributed by atoms with Gasteiger partial charge >= 0.3 is 5.97 Å². The Labute approximate surface area is 105 Å². The fourth-order valence-corrected chi connectivity index (χ4v) is 2.26. The zero-order valence-corrected chi connectivity index (χ0v) is 9.83. The van der Waals surface area contributed by atoms with Gasteiger partial charge in [0.1, 0.15) is 11.8 Å². The first-order chi connectivity index (χ1) is 8.70. The highest BCUT2D eigenvalue weighted by atomic mass is 16.4. The number of nitrogens with one attached hydrogen (secondary N) is 1. The number of hydrogen-bond acceptors (Lipinski definition) is 5. The van der Waals surface area contributed by atoms with Crippen LogP contribution in [-0.4, -0.2) is 27.1 Å². The molecule has 0 radical (unpaired) electrons. The minimum Gasteiger partial charge on any atom is -0.481 e. The first-order valence-electron chi connectivity index (χ1n) is 5.93. The summed E-state index contributed by atoms with van der Waals surface area (Å²) in [5, 5.41) is 20.9. The van der Waals surface area contributed by atoms with Gasteiger partial charge in [-0.15, -0.1) is 0 Å². The van der Waals surface area contributed by atoms with Crippen molar-refractivity contribution in [2.75, 3.05) is 5.32 Å². The van der Waals surface area contributed by atoms with Crippen LogP contribution in [0, 0.1) is 17.2 Å². The largest absolute Gasteiger partial charge is 0.481 e. The Bertz CT molecular complexity index is 483. The normalized spacial score (nSPS) is 23.1. The molecule has 0 aliphatic heterocycles.